The van der Waals surface area contributed by atoms with Crippen LogP contribution in [0, 0.1) is 0 Å². The number of nitrogens with zero attached hydrogens (tertiary/aromatic N) is 4. The maximum absolute atomic E-state index is 12.9. The van der Waals surface area contributed by atoms with Crippen LogP contribution in [0.5, 0.6) is 5.75 Å². The van der Waals surface area contributed by atoms with E-state index in [-0.39, 0.29) is 23.5 Å². The molecule has 2 heterocycles. The first-order valence-electron chi connectivity index (χ1n) is 11.4. The van der Waals surface area contributed by atoms with E-state index in [1.165, 1.54) is 11.8 Å². The van der Waals surface area contributed by atoms with E-state index in [1.807, 2.05) is 29.2 Å². The Morgan fingerprint density at radius 3 is 2.41 bits per heavy atom. The smallest absolute Gasteiger partial charge is 0.242 e. The first-order valence-corrected chi connectivity index (χ1v) is 12.7. The average molecular weight is 479 g/mol. The van der Waals surface area contributed by atoms with Crippen molar-refractivity contribution in [3.63, 3.8) is 0 Å². The van der Waals surface area contributed by atoms with Crippen LogP contribution in [0.4, 0.5) is 5.69 Å². The van der Waals surface area contributed by atoms with Gasteiger partial charge in [0, 0.05) is 44.8 Å². The minimum Gasteiger partial charge on any atom is -0.497 e. The molecule has 1 aromatic rings. The van der Waals surface area contributed by atoms with E-state index >= 15 is 0 Å². The second kappa shape index (κ2) is 11.9. The van der Waals surface area contributed by atoms with Crippen LogP contribution in [0.25, 0.3) is 0 Å². The van der Waals surface area contributed by atoms with Crippen molar-refractivity contribution in [3.8, 4) is 5.75 Å². The molecule has 7 nitrogen and oxygen atoms in total. The van der Waals surface area contributed by atoms with Gasteiger partial charge in [0.1, 0.15) is 10.1 Å². The lowest BCUT2D eigenvalue weighted by atomic mass is 10.2. The Balaban J connectivity index is 1.45. The number of amides is 2. The van der Waals surface area contributed by atoms with E-state index in [1.54, 1.807) is 12.0 Å². The van der Waals surface area contributed by atoms with Gasteiger partial charge >= 0.3 is 0 Å². The molecule has 2 saturated heterocycles. The number of thioether (sulfide) groups is 1. The predicted octanol–water partition coefficient (Wildman–Crippen LogP) is 2.69. The topological polar surface area (TPSA) is 56.3 Å². The van der Waals surface area contributed by atoms with Crippen LogP contribution < -0.4 is 9.64 Å². The molecular weight excluding hydrogens is 444 g/mol. The Morgan fingerprint density at radius 1 is 1.16 bits per heavy atom. The summed E-state index contributed by atoms with van der Waals surface area (Å²) in [5.41, 5.74) is 1.13. The number of carbonyl (C=O) groups is 2. The normalized spacial score (nSPS) is 19.2. The van der Waals surface area contributed by atoms with Crippen LogP contribution in [0.1, 0.15) is 26.7 Å². The molecule has 32 heavy (non-hydrogen) atoms. The van der Waals surface area contributed by atoms with Gasteiger partial charge in [-0.2, -0.15) is 0 Å². The number of ether oxygens (including phenoxy) is 1. The van der Waals surface area contributed by atoms with E-state index < -0.39 is 0 Å². The van der Waals surface area contributed by atoms with Crippen LogP contribution in [0.15, 0.2) is 24.3 Å². The highest BCUT2D eigenvalue weighted by atomic mass is 32.2. The average Bonchev–Trinajstić information content (AvgIpc) is 3.09. The number of thiocarbonyl (C=S) groups is 1. The van der Waals surface area contributed by atoms with Gasteiger partial charge in [0.25, 0.3) is 0 Å². The number of rotatable bonds is 10. The summed E-state index contributed by atoms with van der Waals surface area (Å²) in [5.74, 6) is 0.865. The molecule has 176 valence electrons. The summed E-state index contributed by atoms with van der Waals surface area (Å²) < 4.78 is 5.83. The van der Waals surface area contributed by atoms with E-state index in [2.05, 4.69) is 23.6 Å². The lowest BCUT2D eigenvalue weighted by molar-refractivity contribution is -0.134. The molecule has 2 amide bonds. The molecule has 9 heteroatoms. The van der Waals surface area contributed by atoms with Crippen molar-refractivity contribution in [2.75, 3.05) is 64.4 Å². The van der Waals surface area contributed by atoms with Gasteiger partial charge in [-0.15, -0.1) is 0 Å². The number of hydrogen-bond donors (Lipinski definition) is 0. The predicted molar refractivity (Wildman–Crippen MR) is 134 cm³/mol. The third kappa shape index (κ3) is 6.14. The van der Waals surface area contributed by atoms with Gasteiger partial charge < -0.3 is 19.4 Å². The fourth-order valence-corrected chi connectivity index (χ4v) is 5.65. The van der Waals surface area contributed by atoms with Gasteiger partial charge in [0.15, 0.2) is 0 Å². The summed E-state index contributed by atoms with van der Waals surface area (Å²) in [6.45, 7) is 10.8. The van der Waals surface area contributed by atoms with Gasteiger partial charge in [-0.25, -0.2) is 0 Å². The van der Waals surface area contributed by atoms with Gasteiger partial charge in [-0.3, -0.25) is 14.5 Å². The third-order valence-corrected chi connectivity index (χ3v) is 7.77. The summed E-state index contributed by atoms with van der Waals surface area (Å²) in [4.78, 5) is 33.9. The summed E-state index contributed by atoms with van der Waals surface area (Å²) in [6, 6.07) is 7.98. The van der Waals surface area contributed by atoms with Crippen molar-refractivity contribution in [2.45, 2.75) is 31.9 Å². The molecule has 0 bridgehead atoms. The fraction of sp³-hybridized carbons (Fsp3) is 0.609. The summed E-state index contributed by atoms with van der Waals surface area (Å²) in [5, 5.41) is -0.386. The van der Waals surface area contributed by atoms with Crippen molar-refractivity contribution >= 4 is 45.8 Å². The molecule has 0 spiro atoms. The number of piperazine rings is 1. The van der Waals surface area contributed by atoms with Gasteiger partial charge in [-0.05, 0) is 50.3 Å². The van der Waals surface area contributed by atoms with Crippen LogP contribution in [0.2, 0.25) is 0 Å². The number of carbonyl (C=O) groups excluding carboxylic acids is 2. The maximum Gasteiger partial charge on any atom is 0.242 e. The molecule has 0 saturated carbocycles. The molecule has 0 radical (unpaired) electrons. The Labute approximate surface area is 201 Å². The van der Waals surface area contributed by atoms with Crippen molar-refractivity contribution in [2.24, 2.45) is 0 Å². The first-order chi connectivity index (χ1) is 15.5. The van der Waals surface area contributed by atoms with Gasteiger partial charge in [0.2, 0.25) is 11.8 Å². The molecule has 0 aromatic heterocycles. The summed E-state index contributed by atoms with van der Waals surface area (Å²) in [7, 11) is 1.66. The molecule has 0 N–H and O–H groups in total. The molecule has 1 aromatic carbocycles. The Hall–Kier alpha value is -1.84. The standard InChI is InChI=1S/C23H34N4O3S2/c1-4-24(5-2)11-6-12-27-22(29)20(32-23(27)31)17-21(28)26-15-13-25(14-16-26)18-7-9-19(30-3)10-8-18/h7-10,20H,4-6,11-17H2,1-3H3. The van der Waals surface area contributed by atoms with Gasteiger partial charge in [-0.1, -0.05) is 37.8 Å². The molecule has 1 atom stereocenters. The molecule has 2 aliphatic rings. The monoisotopic (exact) mass is 478 g/mol. The zero-order valence-electron chi connectivity index (χ0n) is 19.3. The Kier molecular flexibility index (Phi) is 9.19. The van der Waals surface area contributed by atoms with Gasteiger partial charge in [0.05, 0.1) is 12.4 Å². The van der Waals surface area contributed by atoms with E-state index in [4.69, 9.17) is 17.0 Å². The second-order valence-electron chi connectivity index (χ2n) is 8.01. The highest BCUT2D eigenvalue weighted by Gasteiger charge is 2.38. The molecule has 2 fully saturated rings. The van der Waals surface area contributed by atoms with Crippen LogP contribution in [0.3, 0.4) is 0 Å². The highest BCUT2D eigenvalue weighted by Crippen LogP contribution is 2.30. The van der Waals surface area contributed by atoms with Crippen LogP contribution >= 0.6 is 24.0 Å². The zero-order chi connectivity index (χ0) is 23.1. The zero-order valence-corrected chi connectivity index (χ0v) is 20.9. The molecule has 0 aliphatic carbocycles. The first kappa shape index (κ1) is 24.8. The molecule has 3 rings (SSSR count). The number of benzene rings is 1. The largest absolute Gasteiger partial charge is 0.497 e. The minimum atomic E-state index is -0.386. The van der Waals surface area contributed by atoms with E-state index in [9.17, 15) is 9.59 Å². The molecule has 2 aliphatic heterocycles. The highest BCUT2D eigenvalue weighted by molar-refractivity contribution is 8.24. The number of hydrogen-bond acceptors (Lipinski definition) is 7. The van der Waals surface area contributed by atoms with Crippen molar-refractivity contribution in [1.29, 1.82) is 0 Å². The van der Waals surface area contributed by atoms with Crippen molar-refractivity contribution in [1.82, 2.24) is 14.7 Å². The van der Waals surface area contributed by atoms with Crippen molar-refractivity contribution < 1.29 is 14.3 Å². The fourth-order valence-electron chi connectivity index (χ4n) is 4.12. The van der Waals surface area contributed by atoms with E-state index in [0.717, 1.165) is 50.6 Å². The second-order valence-corrected chi connectivity index (χ2v) is 9.85. The summed E-state index contributed by atoms with van der Waals surface area (Å²) in [6.07, 6.45) is 1.11. The van der Waals surface area contributed by atoms with Crippen LogP contribution in [-0.4, -0.2) is 95.6 Å². The number of methoxy groups -OCH3 is 1. The molecular formula is C23H34N4O3S2. The Morgan fingerprint density at radius 2 is 1.81 bits per heavy atom. The van der Waals surface area contributed by atoms with E-state index in [0.29, 0.717) is 24.0 Å². The maximum atomic E-state index is 12.9. The molecule has 1 unspecified atom stereocenters. The Bertz CT molecular complexity index is 793. The lowest BCUT2D eigenvalue weighted by Gasteiger charge is -2.36. The minimum absolute atomic E-state index is 0.00948. The number of anilines is 1. The van der Waals surface area contributed by atoms with Crippen molar-refractivity contribution in [3.05, 3.63) is 24.3 Å². The lowest BCUT2D eigenvalue weighted by Crippen LogP contribution is -2.49. The summed E-state index contributed by atoms with van der Waals surface area (Å²) >= 11 is 6.81. The quantitative estimate of drug-likeness (QED) is 0.479. The van der Waals surface area contributed by atoms with Crippen LogP contribution in [-0.2, 0) is 9.59 Å². The SMILES string of the molecule is CCN(CC)CCCN1C(=O)C(CC(=O)N2CCN(c3ccc(OC)cc3)CC2)SC1=S. The third-order valence-electron chi connectivity index (χ3n) is 6.19.